The van der Waals surface area contributed by atoms with Gasteiger partial charge in [-0.3, -0.25) is 0 Å². The van der Waals surface area contributed by atoms with Crippen molar-refractivity contribution in [3.8, 4) is 0 Å². The Labute approximate surface area is 123 Å². The molecule has 19 heavy (non-hydrogen) atoms. The molecule has 0 aromatic rings. The van der Waals surface area contributed by atoms with E-state index in [0.29, 0.717) is 11.8 Å². The molecule has 0 fully saturated rings. The minimum absolute atomic E-state index is 0.259. The van der Waals surface area contributed by atoms with Crippen molar-refractivity contribution < 1.29 is 19.1 Å². The summed E-state index contributed by atoms with van der Waals surface area (Å²) in [7, 11) is 0. The average molecular weight is 338 g/mol. The molecule has 0 unspecified atom stereocenters. The van der Waals surface area contributed by atoms with Crippen LogP contribution in [0.5, 0.6) is 0 Å². The van der Waals surface area contributed by atoms with Crippen LogP contribution in [0, 0.1) is 0 Å². The van der Waals surface area contributed by atoms with Crippen LogP contribution in [-0.2, 0) is 9.47 Å². The first kappa shape index (κ1) is 18.2. The maximum absolute atomic E-state index is 12.0. The van der Waals surface area contributed by atoms with Crippen LogP contribution >= 0.6 is 15.9 Å². The summed E-state index contributed by atoms with van der Waals surface area (Å²) in [6.07, 6.45) is -0.719. The molecule has 0 spiro atoms. The van der Waals surface area contributed by atoms with E-state index in [2.05, 4.69) is 15.9 Å². The smallest absolute Gasteiger partial charge is 0.419 e. The van der Waals surface area contributed by atoms with Gasteiger partial charge < -0.3 is 9.47 Å². The van der Waals surface area contributed by atoms with Gasteiger partial charge in [-0.1, -0.05) is 15.9 Å². The number of carbonyl (C=O) groups is 2. The summed E-state index contributed by atoms with van der Waals surface area (Å²) < 4.78 is 10.4. The number of hydrogen-bond donors (Lipinski definition) is 0. The van der Waals surface area contributed by atoms with Gasteiger partial charge in [0, 0.05) is 11.9 Å². The predicted octanol–water partition coefficient (Wildman–Crippen LogP) is 3.94. The first-order valence-electron chi connectivity index (χ1n) is 6.26. The van der Waals surface area contributed by atoms with Gasteiger partial charge in [0.2, 0.25) is 0 Å². The quantitative estimate of drug-likeness (QED) is 0.732. The Morgan fingerprint density at radius 3 is 1.58 bits per heavy atom. The second kappa shape index (κ2) is 7.12. The number of rotatable bonds is 3. The van der Waals surface area contributed by atoms with Gasteiger partial charge in [0.25, 0.3) is 0 Å². The van der Waals surface area contributed by atoms with Gasteiger partial charge in [0.15, 0.2) is 0 Å². The molecule has 2 amide bonds. The van der Waals surface area contributed by atoms with Crippen molar-refractivity contribution in [1.29, 1.82) is 0 Å². The Morgan fingerprint density at radius 1 is 0.947 bits per heavy atom. The van der Waals surface area contributed by atoms with Crippen molar-refractivity contribution >= 4 is 28.1 Å². The van der Waals surface area contributed by atoms with Crippen LogP contribution in [0.3, 0.4) is 0 Å². The SMILES string of the molecule is CC(C)(C)OC(=O)N(CCCBr)C(=O)OC(C)(C)C. The molecule has 0 N–H and O–H groups in total. The van der Waals surface area contributed by atoms with Crippen LogP contribution in [-0.4, -0.2) is 40.2 Å². The predicted molar refractivity (Wildman–Crippen MR) is 77.6 cm³/mol. The van der Waals surface area contributed by atoms with Gasteiger partial charge in [0.1, 0.15) is 11.2 Å². The Morgan fingerprint density at radius 2 is 1.32 bits per heavy atom. The van der Waals surface area contributed by atoms with Gasteiger partial charge in [-0.05, 0) is 48.0 Å². The summed E-state index contributed by atoms with van der Waals surface area (Å²) in [4.78, 5) is 25.0. The highest BCUT2D eigenvalue weighted by Crippen LogP contribution is 2.14. The lowest BCUT2D eigenvalue weighted by molar-refractivity contribution is 0.00158. The molecular weight excluding hydrogens is 314 g/mol. The van der Waals surface area contributed by atoms with Crippen molar-refractivity contribution in [2.45, 2.75) is 59.2 Å². The molecule has 0 atom stereocenters. The van der Waals surface area contributed by atoms with Crippen LogP contribution in [0.1, 0.15) is 48.0 Å². The fourth-order valence-electron chi connectivity index (χ4n) is 1.11. The van der Waals surface area contributed by atoms with Crippen LogP contribution in [0.15, 0.2) is 0 Å². The highest BCUT2D eigenvalue weighted by molar-refractivity contribution is 9.09. The molecule has 6 heteroatoms. The Kier molecular flexibility index (Phi) is 6.83. The zero-order chi connectivity index (χ0) is 15.3. The lowest BCUT2D eigenvalue weighted by Gasteiger charge is -2.28. The van der Waals surface area contributed by atoms with Gasteiger partial charge >= 0.3 is 12.2 Å². The van der Waals surface area contributed by atoms with Crippen LogP contribution < -0.4 is 0 Å². The highest BCUT2D eigenvalue weighted by atomic mass is 79.9. The summed E-state index contributed by atoms with van der Waals surface area (Å²) in [5, 5.41) is 0.690. The summed E-state index contributed by atoms with van der Waals surface area (Å²) >= 11 is 3.27. The third-order valence-corrected chi connectivity index (χ3v) is 2.30. The van der Waals surface area contributed by atoms with E-state index < -0.39 is 23.4 Å². The van der Waals surface area contributed by atoms with Crippen molar-refractivity contribution in [2.24, 2.45) is 0 Å². The maximum Gasteiger partial charge on any atom is 0.419 e. The van der Waals surface area contributed by atoms with E-state index in [0.717, 1.165) is 4.90 Å². The Bertz CT molecular complexity index is 290. The molecule has 0 rings (SSSR count). The molecule has 0 saturated heterocycles. The van der Waals surface area contributed by atoms with Crippen molar-refractivity contribution in [1.82, 2.24) is 4.90 Å². The van der Waals surface area contributed by atoms with Gasteiger partial charge in [0.05, 0.1) is 0 Å². The third kappa shape index (κ3) is 8.86. The molecule has 0 aliphatic rings. The van der Waals surface area contributed by atoms with E-state index in [-0.39, 0.29) is 6.54 Å². The van der Waals surface area contributed by atoms with Gasteiger partial charge in [-0.15, -0.1) is 0 Å². The fourth-order valence-corrected chi connectivity index (χ4v) is 1.36. The van der Waals surface area contributed by atoms with Crippen LogP contribution in [0.25, 0.3) is 0 Å². The number of nitrogens with zero attached hydrogens (tertiary/aromatic N) is 1. The second-order valence-electron chi connectivity index (χ2n) is 6.15. The second-order valence-corrected chi connectivity index (χ2v) is 6.95. The summed E-state index contributed by atoms with van der Waals surface area (Å²) in [5.74, 6) is 0. The minimum Gasteiger partial charge on any atom is -0.443 e. The van der Waals surface area contributed by atoms with E-state index in [4.69, 9.17) is 9.47 Å². The maximum atomic E-state index is 12.0. The molecule has 5 nitrogen and oxygen atoms in total. The molecule has 112 valence electrons. The summed E-state index contributed by atoms with van der Waals surface area (Å²) in [5.41, 5.74) is -1.29. The van der Waals surface area contributed by atoms with Crippen LogP contribution in [0.2, 0.25) is 0 Å². The largest absolute Gasteiger partial charge is 0.443 e. The van der Waals surface area contributed by atoms with Gasteiger partial charge in [-0.2, -0.15) is 0 Å². The molecular formula is C13H24BrNO4. The number of hydrogen-bond acceptors (Lipinski definition) is 4. The van der Waals surface area contributed by atoms with E-state index in [9.17, 15) is 9.59 Å². The van der Waals surface area contributed by atoms with Crippen molar-refractivity contribution in [3.05, 3.63) is 0 Å². The standard InChI is InChI=1S/C13H24BrNO4/c1-12(2,3)18-10(16)15(9-7-8-14)11(17)19-13(4,5)6/h7-9H2,1-6H3. The molecule has 0 aliphatic heterocycles. The Balaban J connectivity index is 4.80. The van der Waals surface area contributed by atoms with Gasteiger partial charge in [-0.25, -0.2) is 14.5 Å². The number of alkyl halides is 1. The average Bonchev–Trinajstić information content (AvgIpc) is 2.12. The van der Waals surface area contributed by atoms with E-state index >= 15 is 0 Å². The number of amides is 2. The van der Waals surface area contributed by atoms with Crippen molar-refractivity contribution in [3.63, 3.8) is 0 Å². The zero-order valence-electron chi connectivity index (χ0n) is 12.6. The van der Waals surface area contributed by atoms with E-state index in [1.54, 1.807) is 41.5 Å². The molecule has 0 radical (unpaired) electrons. The number of ether oxygens (including phenoxy) is 2. The molecule has 0 bridgehead atoms. The number of carbonyl (C=O) groups excluding carboxylic acids is 2. The zero-order valence-corrected chi connectivity index (χ0v) is 14.2. The summed E-state index contributed by atoms with van der Waals surface area (Å²) in [6.45, 7) is 10.8. The minimum atomic E-state index is -0.678. The van der Waals surface area contributed by atoms with E-state index in [1.165, 1.54) is 0 Å². The molecule has 0 aromatic heterocycles. The molecule has 0 aliphatic carbocycles. The third-order valence-electron chi connectivity index (χ3n) is 1.74. The fraction of sp³-hybridized carbons (Fsp3) is 0.846. The van der Waals surface area contributed by atoms with Crippen LogP contribution in [0.4, 0.5) is 9.59 Å². The van der Waals surface area contributed by atoms with E-state index in [1.807, 2.05) is 0 Å². The lowest BCUT2D eigenvalue weighted by Crippen LogP contribution is -2.44. The monoisotopic (exact) mass is 337 g/mol. The topological polar surface area (TPSA) is 55.8 Å². The number of halogens is 1. The summed E-state index contributed by atoms with van der Waals surface area (Å²) in [6, 6.07) is 0. The first-order chi connectivity index (χ1) is 8.46. The highest BCUT2D eigenvalue weighted by Gasteiger charge is 2.30. The molecule has 0 saturated carbocycles. The normalized spacial score (nSPS) is 11.9. The Hall–Kier alpha value is -0.780. The van der Waals surface area contributed by atoms with Crippen molar-refractivity contribution in [2.75, 3.05) is 11.9 Å². The molecule has 0 aromatic carbocycles. The molecule has 0 heterocycles. The lowest BCUT2D eigenvalue weighted by atomic mass is 10.2. The first-order valence-corrected chi connectivity index (χ1v) is 7.38. The number of imide groups is 1.